The Hall–Kier alpha value is -2.39. The molecule has 0 amide bonds. The van der Waals surface area contributed by atoms with E-state index in [4.69, 9.17) is 0 Å². The number of para-hydroxylation sites is 1. The third-order valence-corrected chi connectivity index (χ3v) is 3.86. The molecule has 0 bridgehead atoms. The summed E-state index contributed by atoms with van der Waals surface area (Å²) in [5, 5.41) is 0. The molecule has 0 unspecified atom stereocenters. The number of carbonyl (C=O) groups excluding carboxylic acids is 1. The summed E-state index contributed by atoms with van der Waals surface area (Å²) in [6.45, 7) is 1.89. The van der Waals surface area contributed by atoms with E-state index in [2.05, 4.69) is 4.99 Å². The predicted octanol–water partition coefficient (Wildman–Crippen LogP) is 1.81. The minimum absolute atomic E-state index is 0.0965. The molecule has 1 saturated carbocycles. The maximum absolute atomic E-state index is 12.3. The second-order valence-corrected chi connectivity index (χ2v) is 5.25. The van der Waals surface area contributed by atoms with Crippen molar-refractivity contribution >= 4 is 6.08 Å². The second kappa shape index (κ2) is 4.32. The van der Waals surface area contributed by atoms with Crippen molar-refractivity contribution in [2.45, 2.75) is 25.3 Å². The molecule has 0 spiro atoms. The number of hydrogen-bond acceptors (Lipinski definition) is 3. The smallest absolute Gasteiger partial charge is 0.302 e. The maximum atomic E-state index is 12.3. The SMILES string of the molecule is Cc1cn(C)c(=O)n1-c1ccccc1C1(N=C=O)CC1. The van der Waals surface area contributed by atoms with Crippen LogP contribution in [0.25, 0.3) is 5.69 Å². The molecule has 0 atom stereocenters. The van der Waals surface area contributed by atoms with Crippen molar-refractivity contribution in [2.75, 3.05) is 0 Å². The molecule has 1 aromatic carbocycles. The zero-order chi connectivity index (χ0) is 14.3. The van der Waals surface area contributed by atoms with Crippen molar-refractivity contribution in [3.05, 3.63) is 52.2 Å². The third kappa shape index (κ3) is 1.75. The first kappa shape index (κ1) is 12.6. The molecule has 0 aliphatic heterocycles. The Labute approximate surface area is 116 Å². The predicted molar refractivity (Wildman–Crippen MR) is 74.8 cm³/mol. The van der Waals surface area contributed by atoms with Crippen LogP contribution >= 0.6 is 0 Å². The van der Waals surface area contributed by atoms with Gasteiger partial charge in [0.05, 0.1) is 5.69 Å². The Morgan fingerprint density at radius 2 is 2.00 bits per heavy atom. The van der Waals surface area contributed by atoms with Crippen molar-refractivity contribution in [1.82, 2.24) is 9.13 Å². The lowest BCUT2D eigenvalue weighted by atomic mass is 10.0. The molecule has 5 heteroatoms. The van der Waals surface area contributed by atoms with Gasteiger partial charge in [-0.15, -0.1) is 0 Å². The van der Waals surface area contributed by atoms with Gasteiger partial charge in [-0.3, -0.25) is 4.57 Å². The fourth-order valence-corrected chi connectivity index (χ4v) is 2.70. The normalized spacial score (nSPS) is 15.7. The lowest BCUT2D eigenvalue weighted by Gasteiger charge is -2.15. The summed E-state index contributed by atoms with van der Waals surface area (Å²) in [7, 11) is 1.73. The van der Waals surface area contributed by atoms with Gasteiger partial charge in [0, 0.05) is 24.5 Å². The van der Waals surface area contributed by atoms with E-state index in [9.17, 15) is 9.59 Å². The number of rotatable bonds is 3. The molecule has 0 radical (unpaired) electrons. The highest BCUT2D eigenvalue weighted by Crippen LogP contribution is 2.50. The van der Waals surface area contributed by atoms with E-state index in [1.54, 1.807) is 28.5 Å². The van der Waals surface area contributed by atoms with Gasteiger partial charge in [-0.05, 0) is 25.8 Å². The number of nitrogens with zero attached hydrogens (tertiary/aromatic N) is 3. The van der Waals surface area contributed by atoms with Crippen molar-refractivity contribution < 1.29 is 4.79 Å². The standard InChI is InChI=1S/C15H15N3O2/c1-11-9-17(2)14(20)18(11)13-6-4-3-5-12(13)15(7-8-15)16-10-19/h3-6,9H,7-8H2,1-2H3. The molecule has 102 valence electrons. The minimum atomic E-state index is -0.486. The maximum Gasteiger partial charge on any atom is 0.332 e. The van der Waals surface area contributed by atoms with Gasteiger partial charge in [-0.1, -0.05) is 18.2 Å². The highest BCUT2D eigenvalue weighted by Gasteiger charge is 2.46. The average molecular weight is 269 g/mol. The van der Waals surface area contributed by atoms with E-state index >= 15 is 0 Å². The fraction of sp³-hybridized carbons (Fsp3) is 0.333. The van der Waals surface area contributed by atoms with Gasteiger partial charge in [0.1, 0.15) is 5.54 Å². The van der Waals surface area contributed by atoms with Crippen LogP contribution in [0.1, 0.15) is 24.1 Å². The topological polar surface area (TPSA) is 56.4 Å². The molecule has 1 heterocycles. The largest absolute Gasteiger partial charge is 0.332 e. The highest BCUT2D eigenvalue weighted by atomic mass is 16.1. The summed E-state index contributed by atoms with van der Waals surface area (Å²) in [5.74, 6) is 0. The summed E-state index contributed by atoms with van der Waals surface area (Å²) in [6, 6.07) is 7.62. The van der Waals surface area contributed by atoms with Gasteiger partial charge in [0.2, 0.25) is 6.08 Å². The monoisotopic (exact) mass is 269 g/mol. The summed E-state index contributed by atoms with van der Waals surface area (Å²) in [4.78, 5) is 26.9. The summed E-state index contributed by atoms with van der Waals surface area (Å²) in [6.07, 6.45) is 5.10. The van der Waals surface area contributed by atoms with Crippen molar-refractivity contribution in [1.29, 1.82) is 0 Å². The molecule has 1 aliphatic rings. The molecular weight excluding hydrogens is 254 g/mol. The average Bonchev–Trinajstić information content (AvgIpc) is 3.15. The Morgan fingerprint density at radius 3 is 2.55 bits per heavy atom. The van der Waals surface area contributed by atoms with Crippen LogP contribution in [-0.4, -0.2) is 15.2 Å². The van der Waals surface area contributed by atoms with Crippen LogP contribution in [0, 0.1) is 6.92 Å². The van der Waals surface area contributed by atoms with Crippen LogP contribution in [0.4, 0.5) is 0 Å². The molecule has 1 fully saturated rings. The van der Waals surface area contributed by atoms with Crippen molar-refractivity contribution in [3.63, 3.8) is 0 Å². The van der Waals surface area contributed by atoms with Crippen LogP contribution in [0.15, 0.2) is 40.2 Å². The Kier molecular flexibility index (Phi) is 2.73. The van der Waals surface area contributed by atoms with Crippen LogP contribution in [-0.2, 0) is 17.4 Å². The molecule has 5 nitrogen and oxygen atoms in total. The van der Waals surface area contributed by atoms with E-state index < -0.39 is 5.54 Å². The van der Waals surface area contributed by atoms with E-state index in [1.165, 1.54) is 0 Å². The van der Waals surface area contributed by atoms with Crippen LogP contribution in [0.3, 0.4) is 0 Å². The number of aryl methyl sites for hydroxylation is 2. The third-order valence-electron chi connectivity index (χ3n) is 3.86. The summed E-state index contributed by atoms with van der Waals surface area (Å²) in [5.41, 5.74) is 1.99. The molecule has 1 aromatic heterocycles. The number of imidazole rings is 1. The quantitative estimate of drug-likeness (QED) is 0.630. The highest BCUT2D eigenvalue weighted by molar-refractivity contribution is 5.51. The van der Waals surface area contributed by atoms with Gasteiger partial charge < -0.3 is 4.57 Å². The summed E-state index contributed by atoms with van der Waals surface area (Å²) < 4.78 is 3.21. The molecule has 1 aliphatic carbocycles. The molecule has 3 rings (SSSR count). The van der Waals surface area contributed by atoms with Gasteiger partial charge in [-0.2, -0.15) is 4.99 Å². The molecule has 0 saturated heterocycles. The van der Waals surface area contributed by atoms with E-state index in [1.807, 2.05) is 31.2 Å². The van der Waals surface area contributed by atoms with Crippen LogP contribution < -0.4 is 5.69 Å². The zero-order valence-electron chi connectivity index (χ0n) is 11.5. The van der Waals surface area contributed by atoms with E-state index in [0.29, 0.717) is 0 Å². The van der Waals surface area contributed by atoms with Gasteiger partial charge in [0.25, 0.3) is 0 Å². The Balaban J connectivity index is 2.26. The van der Waals surface area contributed by atoms with Crippen molar-refractivity contribution in [3.8, 4) is 5.69 Å². The van der Waals surface area contributed by atoms with E-state index in [0.717, 1.165) is 29.8 Å². The first-order chi connectivity index (χ1) is 9.59. The lowest BCUT2D eigenvalue weighted by molar-refractivity contribution is 0.556. The van der Waals surface area contributed by atoms with Gasteiger partial charge >= 0.3 is 5.69 Å². The number of benzene rings is 1. The Morgan fingerprint density at radius 1 is 1.30 bits per heavy atom. The van der Waals surface area contributed by atoms with Crippen LogP contribution in [0.2, 0.25) is 0 Å². The zero-order valence-corrected chi connectivity index (χ0v) is 11.5. The summed E-state index contributed by atoms with van der Waals surface area (Å²) >= 11 is 0. The lowest BCUT2D eigenvalue weighted by Crippen LogP contribution is -2.23. The van der Waals surface area contributed by atoms with Gasteiger partial charge in [0.15, 0.2) is 0 Å². The number of isocyanates is 1. The first-order valence-electron chi connectivity index (χ1n) is 6.53. The van der Waals surface area contributed by atoms with Gasteiger partial charge in [-0.25, -0.2) is 9.59 Å². The minimum Gasteiger partial charge on any atom is -0.302 e. The van der Waals surface area contributed by atoms with Crippen molar-refractivity contribution in [2.24, 2.45) is 12.0 Å². The Bertz CT molecular complexity index is 775. The fourth-order valence-electron chi connectivity index (χ4n) is 2.70. The van der Waals surface area contributed by atoms with Crippen LogP contribution in [0.5, 0.6) is 0 Å². The van der Waals surface area contributed by atoms with E-state index in [-0.39, 0.29) is 5.69 Å². The molecule has 2 aromatic rings. The molecular formula is C15H15N3O2. The molecule has 20 heavy (non-hydrogen) atoms. The number of hydrogen-bond donors (Lipinski definition) is 0. The second-order valence-electron chi connectivity index (χ2n) is 5.25. The molecule has 0 N–H and O–H groups in total. The number of aromatic nitrogens is 2. The first-order valence-corrected chi connectivity index (χ1v) is 6.53. The number of aliphatic imine (C=N–C) groups is 1.